The molecule has 1 aromatic carbocycles. The van der Waals surface area contributed by atoms with Crippen molar-refractivity contribution in [2.75, 3.05) is 24.9 Å². The Morgan fingerprint density at radius 2 is 0.935 bits per heavy atom. The molecular weight excluding hydrogens is 404 g/mol. The van der Waals surface area contributed by atoms with Crippen LogP contribution in [0.15, 0.2) is 12.1 Å². The van der Waals surface area contributed by atoms with Crippen molar-refractivity contribution in [3.8, 4) is 11.5 Å². The zero-order valence-corrected chi connectivity index (χ0v) is 19.1. The highest BCUT2D eigenvalue weighted by molar-refractivity contribution is 6.11. The van der Waals surface area contributed by atoms with E-state index in [-0.39, 0.29) is 11.4 Å². The van der Waals surface area contributed by atoms with Gasteiger partial charge in [0.1, 0.15) is 16.5 Å². The molecule has 0 unspecified atom stereocenters. The number of carbonyl (C=O) groups excluding carboxylic acids is 4. The molecule has 0 atom stereocenters. The zero-order chi connectivity index (χ0) is 23.8. The van der Waals surface area contributed by atoms with Crippen molar-refractivity contribution >= 4 is 35.0 Å². The van der Waals surface area contributed by atoms with Crippen LogP contribution in [0.4, 0.5) is 11.4 Å². The monoisotopic (exact) mass is 434 g/mol. The average molecular weight is 434 g/mol. The summed E-state index contributed by atoms with van der Waals surface area (Å²) in [4.78, 5) is 51.7. The average Bonchev–Trinajstić information content (AvgIpc) is 2.67. The molecule has 10 heteroatoms. The van der Waals surface area contributed by atoms with E-state index in [1.54, 1.807) is 0 Å². The molecule has 0 bridgehead atoms. The number of ether oxygens (including phenoxy) is 2. The molecule has 4 amide bonds. The maximum Gasteiger partial charge on any atom is 0.249 e. The summed E-state index contributed by atoms with van der Waals surface area (Å²) in [6.45, 7) is 8.88. The highest BCUT2D eigenvalue weighted by atomic mass is 16.5. The Kier molecular flexibility index (Phi) is 6.25. The van der Waals surface area contributed by atoms with E-state index in [0.717, 1.165) is 0 Å². The molecule has 1 aromatic rings. The van der Waals surface area contributed by atoms with Gasteiger partial charge in [0.15, 0.2) is 11.5 Å². The topological polar surface area (TPSA) is 135 Å². The van der Waals surface area contributed by atoms with Crippen LogP contribution in [-0.2, 0) is 19.2 Å². The van der Waals surface area contributed by atoms with Crippen LogP contribution in [0.5, 0.6) is 11.5 Å². The number of anilines is 2. The molecular formula is C21H30N4O6. The van der Waals surface area contributed by atoms with Gasteiger partial charge in [-0.05, 0) is 41.5 Å². The lowest BCUT2D eigenvalue weighted by atomic mass is 9.88. The summed E-state index contributed by atoms with van der Waals surface area (Å²) in [6, 6.07) is 3.00. The van der Waals surface area contributed by atoms with E-state index < -0.39 is 40.1 Å². The van der Waals surface area contributed by atoms with E-state index in [4.69, 9.17) is 9.47 Å². The number of nitrogens with one attached hydrogen (secondary N) is 4. The molecule has 31 heavy (non-hydrogen) atoms. The van der Waals surface area contributed by atoms with Crippen LogP contribution < -0.4 is 30.7 Å². The Morgan fingerprint density at radius 3 is 1.23 bits per heavy atom. The third-order valence-corrected chi connectivity index (χ3v) is 5.14. The molecule has 10 nitrogen and oxygen atoms in total. The van der Waals surface area contributed by atoms with E-state index in [0.29, 0.717) is 11.5 Å². The standard InChI is InChI=1S/C21H30N4O6/c1-19(2)15(26)24-20(3,4)17(28)22-11-9-13(30-7)14(31-8)10-12(11)23-18(29)21(5,6)25-16(19)27/h9-10H,1-8H3,(H,22,28)(H,23,29)(H,24,26)(H,25,27). The Bertz CT molecular complexity index is 863. The molecule has 1 aliphatic heterocycles. The van der Waals surface area contributed by atoms with Gasteiger partial charge in [-0.3, -0.25) is 19.2 Å². The van der Waals surface area contributed by atoms with Gasteiger partial charge in [-0.1, -0.05) is 0 Å². The van der Waals surface area contributed by atoms with Gasteiger partial charge >= 0.3 is 0 Å². The fourth-order valence-electron chi connectivity index (χ4n) is 2.74. The number of hydrogen-bond donors (Lipinski definition) is 4. The lowest BCUT2D eigenvalue weighted by molar-refractivity contribution is -0.145. The molecule has 170 valence electrons. The zero-order valence-electron chi connectivity index (χ0n) is 19.1. The van der Waals surface area contributed by atoms with Gasteiger partial charge in [0.05, 0.1) is 25.6 Å². The fraction of sp³-hybridized carbons (Fsp3) is 0.524. The van der Waals surface area contributed by atoms with E-state index in [9.17, 15) is 19.2 Å². The Balaban J connectivity index is 2.66. The Labute approximate surface area is 181 Å². The quantitative estimate of drug-likeness (QED) is 0.520. The second kappa shape index (κ2) is 8.09. The number of hydrogen-bond acceptors (Lipinski definition) is 6. The van der Waals surface area contributed by atoms with Crippen molar-refractivity contribution < 1.29 is 28.7 Å². The molecule has 0 spiro atoms. The normalized spacial score (nSPS) is 20.4. The van der Waals surface area contributed by atoms with Crippen LogP contribution in [-0.4, -0.2) is 48.9 Å². The minimum Gasteiger partial charge on any atom is -0.493 e. The van der Waals surface area contributed by atoms with Crippen molar-refractivity contribution in [3.63, 3.8) is 0 Å². The number of benzene rings is 1. The Hall–Kier alpha value is -3.30. The van der Waals surface area contributed by atoms with Crippen molar-refractivity contribution in [1.29, 1.82) is 0 Å². The SMILES string of the molecule is COc1cc2c(cc1OC)NC(=O)C(C)(C)NC(=O)C(C)(C)C(=O)NC(C)(C)C(=O)N2. The molecule has 0 saturated heterocycles. The number of fused-ring (bicyclic) bond motifs is 1. The van der Waals surface area contributed by atoms with E-state index in [1.807, 2.05) is 0 Å². The Morgan fingerprint density at radius 1 is 0.613 bits per heavy atom. The van der Waals surface area contributed by atoms with Crippen molar-refractivity contribution in [2.45, 2.75) is 52.6 Å². The maximum absolute atomic E-state index is 13.0. The highest BCUT2D eigenvalue weighted by Crippen LogP contribution is 2.37. The van der Waals surface area contributed by atoms with E-state index >= 15 is 0 Å². The number of carbonyl (C=O) groups is 4. The first-order valence-corrected chi connectivity index (χ1v) is 9.70. The van der Waals surface area contributed by atoms with Crippen LogP contribution in [0.25, 0.3) is 0 Å². The molecule has 1 heterocycles. The fourth-order valence-corrected chi connectivity index (χ4v) is 2.74. The minimum absolute atomic E-state index is 0.235. The molecule has 4 N–H and O–H groups in total. The number of amides is 4. The summed E-state index contributed by atoms with van der Waals surface area (Å²) < 4.78 is 10.6. The van der Waals surface area contributed by atoms with Gasteiger partial charge in [-0.2, -0.15) is 0 Å². The van der Waals surface area contributed by atoms with Gasteiger partial charge in [0.25, 0.3) is 0 Å². The molecule has 2 rings (SSSR count). The number of rotatable bonds is 2. The summed E-state index contributed by atoms with van der Waals surface area (Å²) in [7, 11) is 2.88. The molecule has 0 radical (unpaired) electrons. The lowest BCUT2D eigenvalue weighted by Crippen LogP contribution is -2.61. The first-order valence-electron chi connectivity index (χ1n) is 9.70. The first-order chi connectivity index (χ1) is 14.2. The van der Waals surface area contributed by atoms with Gasteiger partial charge in [0, 0.05) is 12.1 Å². The van der Waals surface area contributed by atoms with Gasteiger partial charge in [0.2, 0.25) is 23.6 Å². The van der Waals surface area contributed by atoms with Crippen LogP contribution in [0, 0.1) is 5.41 Å². The van der Waals surface area contributed by atoms with Crippen LogP contribution >= 0.6 is 0 Å². The van der Waals surface area contributed by atoms with E-state index in [1.165, 1.54) is 67.9 Å². The third kappa shape index (κ3) is 4.73. The van der Waals surface area contributed by atoms with Gasteiger partial charge in [-0.25, -0.2) is 0 Å². The predicted octanol–water partition coefficient (Wildman–Crippen LogP) is 1.41. The predicted molar refractivity (Wildman–Crippen MR) is 115 cm³/mol. The van der Waals surface area contributed by atoms with Crippen LogP contribution in [0.2, 0.25) is 0 Å². The molecule has 0 saturated carbocycles. The molecule has 1 aliphatic rings. The van der Waals surface area contributed by atoms with E-state index in [2.05, 4.69) is 21.3 Å². The summed E-state index contributed by atoms with van der Waals surface area (Å²) in [5.74, 6) is -1.77. The molecule has 0 aliphatic carbocycles. The molecule has 0 aromatic heterocycles. The van der Waals surface area contributed by atoms with Crippen molar-refractivity contribution in [3.05, 3.63) is 12.1 Å². The van der Waals surface area contributed by atoms with Gasteiger partial charge < -0.3 is 30.7 Å². The maximum atomic E-state index is 13.0. The first kappa shape index (κ1) is 24.0. The van der Waals surface area contributed by atoms with Crippen molar-refractivity contribution in [2.24, 2.45) is 5.41 Å². The van der Waals surface area contributed by atoms with Crippen molar-refractivity contribution in [1.82, 2.24) is 10.6 Å². The smallest absolute Gasteiger partial charge is 0.249 e. The minimum atomic E-state index is -1.54. The highest BCUT2D eigenvalue weighted by Gasteiger charge is 2.44. The number of methoxy groups -OCH3 is 2. The van der Waals surface area contributed by atoms with Crippen LogP contribution in [0.3, 0.4) is 0 Å². The van der Waals surface area contributed by atoms with Crippen LogP contribution in [0.1, 0.15) is 41.5 Å². The second-order valence-corrected chi connectivity index (χ2v) is 8.94. The summed E-state index contributed by atoms with van der Waals surface area (Å²) in [5.41, 5.74) is -3.81. The summed E-state index contributed by atoms with van der Waals surface area (Å²) in [5, 5.41) is 10.7. The molecule has 0 fully saturated rings. The largest absolute Gasteiger partial charge is 0.493 e. The third-order valence-electron chi connectivity index (χ3n) is 5.14. The second-order valence-electron chi connectivity index (χ2n) is 8.94. The summed E-state index contributed by atoms with van der Waals surface area (Å²) in [6.07, 6.45) is 0. The lowest BCUT2D eigenvalue weighted by Gasteiger charge is -2.32. The van der Waals surface area contributed by atoms with Gasteiger partial charge in [-0.15, -0.1) is 0 Å². The summed E-state index contributed by atoms with van der Waals surface area (Å²) >= 11 is 0.